The molecule has 2 amide bonds. The number of rotatable bonds is 6. The molecule has 0 saturated carbocycles. The Morgan fingerprint density at radius 1 is 0.821 bits per heavy atom. The molecular weight excluding hydrogens is 372 g/mol. The minimum atomic E-state index is -1.30. The Balaban J connectivity index is 2.21. The van der Waals surface area contributed by atoms with Crippen LogP contribution >= 0.6 is 0 Å². The van der Waals surface area contributed by atoms with Crippen LogP contribution in [-0.2, 0) is 9.59 Å². The predicted molar refractivity (Wildman–Crippen MR) is 97.4 cm³/mol. The standard InChI is InChI=1S/C16H12N6O6/c17-15(23)16(24)20(18-9-11-1-5-13(6-2-11)21(25)26)19-10-12-3-7-14(8-4-12)22(27)28/h1-10H,(H2,17,23)/b18-9+,19-10+. The molecule has 0 aromatic heterocycles. The molecule has 0 radical (unpaired) electrons. The number of carbonyl (C=O) groups is 2. The second kappa shape index (κ2) is 8.75. The van der Waals surface area contributed by atoms with Crippen molar-refractivity contribution in [3.63, 3.8) is 0 Å². The maximum Gasteiger partial charge on any atom is 0.352 e. The normalized spacial score (nSPS) is 10.9. The van der Waals surface area contributed by atoms with Crippen LogP contribution in [0.4, 0.5) is 11.4 Å². The SMILES string of the molecule is NC(=O)C(=O)N(/N=C/c1ccc([N+](=O)[O-])cc1)/N=C/c1ccc([N+](=O)[O-])cc1. The molecule has 0 spiro atoms. The maximum atomic E-state index is 11.8. The van der Waals surface area contributed by atoms with Gasteiger partial charge >= 0.3 is 11.8 Å². The lowest BCUT2D eigenvalue weighted by Crippen LogP contribution is -2.34. The van der Waals surface area contributed by atoms with Gasteiger partial charge in [-0.25, -0.2) is 0 Å². The Hall–Kier alpha value is -4.48. The van der Waals surface area contributed by atoms with Gasteiger partial charge in [-0.05, 0) is 35.4 Å². The van der Waals surface area contributed by atoms with Crippen molar-refractivity contribution >= 4 is 35.6 Å². The molecule has 2 aromatic carbocycles. The highest BCUT2D eigenvalue weighted by Crippen LogP contribution is 2.12. The van der Waals surface area contributed by atoms with E-state index in [2.05, 4.69) is 10.2 Å². The van der Waals surface area contributed by atoms with Gasteiger partial charge in [0.25, 0.3) is 11.4 Å². The number of non-ortho nitro benzene ring substituents is 2. The van der Waals surface area contributed by atoms with E-state index in [1.165, 1.54) is 48.5 Å². The van der Waals surface area contributed by atoms with E-state index in [0.717, 1.165) is 12.4 Å². The molecule has 2 N–H and O–H groups in total. The number of nitro groups is 2. The van der Waals surface area contributed by atoms with Gasteiger partial charge in [-0.1, -0.05) is 0 Å². The molecule has 12 heteroatoms. The van der Waals surface area contributed by atoms with Crippen LogP contribution in [0.25, 0.3) is 0 Å². The van der Waals surface area contributed by atoms with E-state index in [0.29, 0.717) is 16.2 Å². The first-order valence-electron chi connectivity index (χ1n) is 7.48. The summed E-state index contributed by atoms with van der Waals surface area (Å²) >= 11 is 0. The Morgan fingerprint density at radius 3 is 1.46 bits per heavy atom. The van der Waals surface area contributed by atoms with Gasteiger partial charge in [0.1, 0.15) is 0 Å². The topological polar surface area (TPSA) is 174 Å². The number of hydrogen-bond donors (Lipinski definition) is 1. The molecule has 2 rings (SSSR count). The van der Waals surface area contributed by atoms with Crippen molar-refractivity contribution in [3.05, 3.63) is 79.9 Å². The summed E-state index contributed by atoms with van der Waals surface area (Å²) in [4.78, 5) is 43.1. The van der Waals surface area contributed by atoms with Crippen LogP contribution in [0, 0.1) is 20.2 Å². The highest BCUT2D eigenvalue weighted by Gasteiger charge is 2.17. The summed E-state index contributed by atoms with van der Waals surface area (Å²) in [5.41, 5.74) is 5.50. The van der Waals surface area contributed by atoms with Crippen molar-refractivity contribution in [2.75, 3.05) is 0 Å². The van der Waals surface area contributed by atoms with E-state index in [1.54, 1.807) is 0 Å². The third-order valence-corrected chi connectivity index (χ3v) is 3.23. The Bertz CT molecular complexity index is 901. The molecule has 0 saturated heterocycles. The van der Waals surface area contributed by atoms with Crippen LogP contribution in [0.5, 0.6) is 0 Å². The van der Waals surface area contributed by atoms with Crippen LogP contribution in [0.1, 0.15) is 11.1 Å². The van der Waals surface area contributed by atoms with Crippen LogP contribution in [0.15, 0.2) is 58.7 Å². The molecule has 0 bridgehead atoms. The average molecular weight is 384 g/mol. The number of primary amides is 1. The van der Waals surface area contributed by atoms with Crippen molar-refractivity contribution in [1.82, 2.24) is 5.12 Å². The van der Waals surface area contributed by atoms with E-state index in [1.807, 2.05) is 0 Å². The van der Waals surface area contributed by atoms with Crippen molar-refractivity contribution in [3.8, 4) is 0 Å². The fourth-order valence-corrected chi connectivity index (χ4v) is 1.84. The van der Waals surface area contributed by atoms with Gasteiger partial charge in [0.15, 0.2) is 0 Å². The predicted octanol–water partition coefficient (Wildman–Crippen LogP) is 1.18. The molecule has 28 heavy (non-hydrogen) atoms. The maximum absolute atomic E-state index is 11.8. The lowest BCUT2D eigenvalue weighted by molar-refractivity contribution is -0.385. The first kappa shape index (κ1) is 19.8. The third-order valence-electron chi connectivity index (χ3n) is 3.23. The van der Waals surface area contributed by atoms with E-state index < -0.39 is 21.7 Å². The molecule has 0 aliphatic heterocycles. The highest BCUT2D eigenvalue weighted by molar-refractivity contribution is 6.34. The van der Waals surface area contributed by atoms with Gasteiger partial charge in [0, 0.05) is 24.3 Å². The summed E-state index contributed by atoms with van der Waals surface area (Å²) in [5.74, 6) is -2.53. The van der Waals surface area contributed by atoms with Crippen LogP contribution in [-0.4, -0.2) is 39.2 Å². The van der Waals surface area contributed by atoms with Gasteiger partial charge in [-0.2, -0.15) is 10.2 Å². The first-order chi connectivity index (χ1) is 13.3. The second-order valence-electron chi connectivity index (χ2n) is 5.15. The smallest absolute Gasteiger partial charge is 0.352 e. The van der Waals surface area contributed by atoms with Gasteiger partial charge in [0.2, 0.25) is 0 Å². The Morgan fingerprint density at radius 2 is 1.18 bits per heavy atom. The largest absolute Gasteiger partial charge is 0.361 e. The van der Waals surface area contributed by atoms with Crippen LogP contribution < -0.4 is 5.73 Å². The summed E-state index contributed by atoms with van der Waals surface area (Å²) in [7, 11) is 0. The monoisotopic (exact) mass is 384 g/mol. The number of hydrogen-bond acceptors (Lipinski definition) is 8. The van der Waals surface area contributed by atoms with E-state index >= 15 is 0 Å². The lowest BCUT2D eigenvalue weighted by Gasteiger charge is -2.08. The second-order valence-corrected chi connectivity index (χ2v) is 5.15. The minimum absolute atomic E-state index is 0.126. The number of amides is 2. The zero-order valence-corrected chi connectivity index (χ0v) is 14.0. The molecule has 0 atom stereocenters. The molecule has 0 aliphatic rings. The third kappa shape index (κ3) is 5.26. The number of nitro benzene ring substituents is 2. The Kier molecular flexibility index (Phi) is 6.20. The molecule has 2 aromatic rings. The highest BCUT2D eigenvalue weighted by atomic mass is 16.6. The minimum Gasteiger partial charge on any atom is -0.361 e. The summed E-state index contributed by atoms with van der Waals surface area (Å²) in [6.45, 7) is 0. The number of benzene rings is 2. The van der Waals surface area contributed by atoms with Gasteiger partial charge in [0.05, 0.1) is 22.3 Å². The van der Waals surface area contributed by atoms with Crippen molar-refractivity contribution in [1.29, 1.82) is 0 Å². The van der Waals surface area contributed by atoms with E-state index in [4.69, 9.17) is 5.73 Å². The number of hydrazone groups is 2. The molecule has 12 nitrogen and oxygen atoms in total. The molecule has 0 unspecified atom stereocenters. The van der Waals surface area contributed by atoms with Gasteiger partial charge < -0.3 is 5.73 Å². The fourth-order valence-electron chi connectivity index (χ4n) is 1.84. The lowest BCUT2D eigenvalue weighted by atomic mass is 10.2. The zero-order valence-electron chi connectivity index (χ0n) is 14.0. The van der Waals surface area contributed by atoms with Crippen LogP contribution in [0.2, 0.25) is 0 Å². The Labute approximate surface area is 156 Å². The summed E-state index contributed by atoms with van der Waals surface area (Å²) in [6.07, 6.45) is 2.30. The quantitative estimate of drug-likeness (QED) is 0.338. The summed E-state index contributed by atoms with van der Waals surface area (Å²) < 4.78 is 0. The van der Waals surface area contributed by atoms with E-state index in [9.17, 15) is 29.8 Å². The average Bonchev–Trinajstić information content (AvgIpc) is 2.68. The molecule has 0 heterocycles. The van der Waals surface area contributed by atoms with Gasteiger partial charge in [-0.3, -0.25) is 29.8 Å². The molecule has 0 aliphatic carbocycles. The van der Waals surface area contributed by atoms with Crippen LogP contribution in [0.3, 0.4) is 0 Å². The van der Waals surface area contributed by atoms with Crippen molar-refractivity contribution in [2.24, 2.45) is 15.9 Å². The van der Waals surface area contributed by atoms with E-state index in [-0.39, 0.29) is 11.4 Å². The summed E-state index contributed by atoms with van der Waals surface area (Å²) in [5, 5.41) is 29.2. The van der Waals surface area contributed by atoms with Crippen molar-refractivity contribution in [2.45, 2.75) is 0 Å². The molecular formula is C16H12N6O6. The number of carbonyl (C=O) groups excluding carboxylic acids is 2. The molecule has 142 valence electrons. The number of nitrogens with two attached hydrogens (primary N) is 1. The zero-order chi connectivity index (χ0) is 20.7. The molecule has 0 fully saturated rings. The van der Waals surface area contributed by atoms with Crippen molar-refractivity contribution < 1.29 is 19.4 Å². The fraction of sp³-hybridized carbons (Fsp3) is 0. The summed E-state index contributed by atoms with van der Waals surface area (Å²) in [6, 6.07) is 10.5. The first-order valence-corrected chi connectivity index (χ1v) is 7.48. The number of nitrogens with zero attached hydrogens (tertiary/aromatic N) is 5. The van der Waals surface area contributed by atoms with Gasteiger partial charge in [-0.15, -0.1) is 5.12 Å².